The fourth-order valence-corrected chi connectivity index (χ4v) is 1.73. The Morgan fingerprint density at radius 1 is 1.17 bits per heavy atom. The van der Waals surface area contributed by atoms with E-state index < -0.39 is 0 Å². The van der Waals surface area contributed by atoms with E-state index in [4.69, 9.17) is 0 Å². The third-order valence-corrected chi connectivity index (χ3v) is 2.69. The molecule has 0 aromatic carbocycles. The largest absolute Gasteiger partial charge is 0.351 e. The number of aryl methyl sites for hydroxylation is 2. The highest BCUT2D eigenvalue weighted by Gasteiger charge is 2.05. The van der Waals surface area contributed by atoms with Crippen molar-refractivity contribution in [3.63, 3.8) is 0 Å². The molecular weight excluding hydrogens is 228 g/mol. The molecule has 0 atom stereocenters. The Morgan fingerprint density at radius 2 is 2.00 bits per heavy atom. The van der Waals surface area contributed by atoms with Gasteiger partial charge in [0.25, 0.3) is 0 Å². The molecule has 0 saturated carbocycles. The average Bonchev–Trinajstić information content (AvgIpc) is 2.91. The maximum Gasteiger partial charge on any atom is 0.243 e. The molecular formula is C12H18N6. The van der Waals surface area contributed by atoms with Crippen molar-refractivity contribution in [3.8, 4) is 0 Å². The molecule has 6 heteroatoms. The van der Waals surface area contributed by atoms with Crippen LogP contribution in [0.2, 0.25) is 0 Å². The van der Waals surface area contributed by atoms with Gasteiger partial charge in [0.05, 0.1) is 17.9 Å². The molecule has 0 spiro atoms. The fourth-order valence-electron chi connectivity index (χ4n) is 1.73. The number of aromatic nitrogens is 5. The maximum atomic E-state index is 4.47. The minimum atomic E-state index is 0.594. The molecule has 0 amide bonds. The zero-order valence-electron chi connectivity index (χ0n) is 10.8. The van der Waals surface area contributed by atoms with Crippen molar-refractivity contribution in [3.05, 3.63) is 29.8 Å². The van der Waals surface area contributed by atoms with Crippen LogP contribution in [0.1, 0.15) is 25.2 Å². The summed E-state index contributed by atoms with van der Waals surface area (Å²) in [6.45, 7) is 5.66. The van der Waals surface area contributed by atoms with Gasteiger partial charge in [-0.05, 0) is 18.9 Å². The third kappa shape index (κ3) is 3.03. The Labute approximate surface area is 106 Å². The normalized spacial score (nSPS) is 10.6. The van der Waals surface area contributed by atoms with Crippen molar-refractivity contribution in [1.29, 1.82) is 0 Å². The molecule has 1 N–H and O–H groups in total. The van der Waals surface area contributed by atoms with Gasteiger partial charge >= 0.3 is 0 Å². The Bertz CT molecular complexity index is 479. The average molecular weight is 246 g/mol. The topological polar surface area (TPSA) is 68.5 Å². The van der Waals surface area contributed by atoms with E-state index in [-0.39, 0.29) is 0 Å². The van der Waals surface area contributed by atoms with Gasteiger partial charge < -0.3 is 5.32 Å². The van der Waals surface area contributed by atoms with Gasteiger partial charge in [-0.25, -0.2) is 4.98 Å². The van der Waals surface area contributed by atoms with Crippen LogP contribution in [0.25, 0.3) is 0 Å². The predicted octanol–water partition coefficient (Wildman–Crippen LogP) is 1.30. The fraction of sp³-hybridized carbons (Fsp3) is 0.500. The van der Waals surface area contributed by atoms with Crippen molar-refractivity contribution in [2.75, 3.05) is 11.9 Å². The predicted molar refractivity (Wildman–Crippen MR) is 69.3 cm³/mol. The second kappa shape index (κ2) is 6.09. The highest BCUT2D eigenvalue weighted by atomic mass is 15.3. The summed E-state index contributed by atoms with van der Waals surface area (Å²) in [5.74, 6) is 0.594. The summed E-state index contributed by atoms with van der Waals surface area (Å²) in [4.78, 5) is 4.47. The van der Waals surface area contributed by atoms with E-state index in [9.17, 15) is 0 Å². The lowest BCUT2D eigenvalue weighted by atomic mass is 10.2. The summed E-state index contributed by atoms with van der Waals surface area (Å²) in [5, 5.41) is 15.6. The van der Waals surface area contributed by atoms with Gasteiger partial charge in [-0.15, -0.1) is 5.10 Å². The van der Waals surface area contributed by atoms with Crippen molar-refractivity contribution in [1.82, 2.24) is 25.0 Å². The van der Waals surface area contributed by atoms with Gasteiger partial charge in [-0.3, -0.25) is 4.68 Å². The Kier molecular flexibility index (Phi) is 4.22. The Morgan fingerprint density at radius 3 is 2.67 bits per heavy atom. The first-order valence-corrected chi connectivity index (χ1v) is 6.27. The number of nitrogens with one attached hydrogen (secondary N) is 1. The van der Waals surface area contributed by atoms with Crippen LogP contribution in [0.5, 0.6) is 0 Å². The molecule has 0 fully saturated rings. The lowest BCUT2D eigenvalue weighted by Crippen LogP contribution is -2.14. The number of nitrogens with zero attached hydrogens (tertiary/aromatic N) is 5. The Balaban J connectivity index is 1.93. The lowest BCUT2D eigenvalue weighted by molar-refractivity contribution is 0.634. The summed E-state index contributed by atoms with van der Waals surface area (Å²) in [6, 6.07) is 1.91. The summed E-state index contributed by atoms with van der Waals surface area (Å²) in [5.41, 5.74) is 2.00. The minimum absolute atomic E-state index is 0.594. The molecule has 18 heavy (non-hydrogen) atoms. The first kappa shape index (κ1) is 12.5. The number of hydrogen-bond acceptors (Lipinski definition) is 5. The van der Waals surface area contributed by atoms with Crippen LogP contribution in [0, 0.1) is 0 Å². The van der Waals surface area contributed by atoms with Crippen molar-refractivity contribution >= 4 is 5.95 Å². The zero-order chi connectivity index (χ0) is 12.8. The molecule has 0 radical (unpaired) electrons. The van der Waals surface area contributed by atoms with Crippen LogP contribution in [0.3, 0.4) is 0 Å². The van der Waals surface area contributed by atoms with Gasteiger partial charge in [-0.1, -0.05) is 13.8 Å². The van der Waals surface area contributed by atoms with Crippen LogP contribution in [-0.2, 0) is 19.4 Å². The van der Waals surface area contributed by atoms with Crippen molar-refractivity contribution in [2.24, 2.45) is 0 Å². The van der Waals surface area contributed by atoms with Crippen LogP contribution < -0.4 is 5.32 Å². The quantitative estimate of drug-likeness (QED) is 0.832. The van der Waals surface area contributed by atoms with Gasteiger partial charge in [0.2, 0.25) is 5.95 Å². The van der Waals surface area contributed by atoms with E-state index in [0.29, 0.717) is 5.95 Å². The zero-order valence-corrected chi connectivity index (χ0v) is 10.8. The summed E-state index contributed by atoms with van der Waals surface area (Å²) in [6.07, 6.45) is 5.45. The number of rotatable bonds is 6. The van der Waals surface area contributed by atoms with Crippen LogP contribution in [-0.4, -0.2) is 31.5 Å². The van der Waals surface area contributed by atoms with E-state index in [1.165, 1.54) is 0 Å². The summed E-state index contributed by atoms with van der Waals surface area (Å²) >= 11 is 0. The highest BCUT2D eigenvalue weighted by molar-refractivity contribution is 5.25. The smallest absolute Gasteiger partial charge is 0.243 e. The van der Waals surface area contributed by atoms with E-state index >= 15 is 0 Å². The molecule has 96 valence electrons. The highest BCUT2D eigenvalue weighted by Crippen LogP contribution is 2.06. The molecule has 2 aromatic rings. The Hall–Kier alpha value is -1.98. The first-order valence-electron chi connectivity index (χ1n) is 6.27. The lowest BCUT2D eigenvalue weighted by Gasteiger charge is -2.07. The molecule has 2 aromatic heterocycles. The SMILES string of the molecule is CCc1nnc(NCCn2cccn2)nc1CC. The van der Waals surface area contributed by atoms with Gasteiger partial charge in [0.1, 0.15) is 0 Å². The summed E-state index contributed by atoms with van der Waals surface area (Å²) < 4.78 is 1.86. The minimum Gasteiger partial charge on any atom is -0.351 e. The molecule has 0 aliphatic rings. The van der Waals surface area contributed by atoms with Gasteiger partial charge in [-0.2, -0.15) is 10.2 Å². The third-order valence-electron chi connectivity index (χ3n) is 2.69. The van der Waals surface area contributed by atoms with Crippen molar-refractivity contribution in [2.45, 2.75) is 33.2 Å². The second-order valence-electron chi connectivity index (χ2n) is 3.93. The first-order chi connectivity index (χ1) is 8.83. The molecule has 0 aliphatic carbocycles. The van der Waals surface area contributed by atoms with Gasteiger partial charge in [0.15, 0.2) is 0 Å². The molecule has 0 aliphatic heterocycles. The second-order valence-corrected chi connectivity index (χ2v) is 3.93. The maximum absolute atomic E-state index is 4.47. The number of anilines is 1. The molecule has 0 bridgehead atoms. The monoisotopic (exact) mass is 246 g/mol. The standard InChI is InChI=1S/C12H18N6/c1-3-10-11(4-2)16-17-12(15-10)13-7-9-18-8-5-6-14-18/h5-6,8H,3-4,7,9H2,1-2H3,(H,13,15,17). The number of hydrogen-bond donors (Lipinski definition) is 1. The molecule has 0 unspecified atom stereocenters. The molecule has 6 nitrogen and oxygen atoms in total. The van der Waals surface area contributed by atoms with E-state index in [0.717, 1.165) is 37.3 Å². The molecule has 2 heterocycles. The van der Waals surface area contributed by atoms with E-state index in [2.05, 4.69) is 39.4 Å². The molecule has 0 saturated heterocycles. The van der Waals surface area contributed by atoms with Crippen LogP contribution in [0.4, 0.5) is 5.95 Å². The van der Waals surface area contributed by atoms with E-state index in [1.54, 1.807) is 6.20 Å². The van der Waals surface area contributed by atoms with Crippen LogP contribution in [0.15, 0.2) is 18.5 Å². The van der Waals surface area contributed by atoms with Crippen molar-refractivity contribution < 1.29 is 0 Å². The summed E-state index contributed by atoms with van der Waals surface area (Å²) in [7, 11) is 0. The molecule has 2 rings (SSSR count). The van der Waals surface area contributed by atoms with Crippen LogP contribution >= 0.6 is 0 Å². The van der Waals surface area contributed by atoms with Gasteiger partial charge in [0, 0.05) is 18.9 Å². The van der Waals surface area contributed by atoms with E-state index in [1.807, 2.05) is 16.9 Å².